The van der Waals surface area contributed by atoms with E-state index < -0.39 is 12.0 Å². The number of halogens is 1. The van der Waals surface area contributed by atoms with E-state index in [1.54, 1.807) is 0 Å². The molecule has 2 aromatic rings. The van der Waals surface area contributed by atoms with Gasteiger partial charge in [0.15, 0.2) is 0 Å². The molecule has 0 radical (unpaired) electrons. The van der Waals surface area contributed by atoms with E-state index in [1.807, 2.05) is 48.5 Å². The summed E-state index contributed by atoms with van der Waals surface area (Å²) in [5, 5.41) is 9.46. The third-order valence-corrected chi connectivity index (χ3v) is 3.12. The highest BCUT2D eigenvalue weighted by Crippen LogP contribution is 2.23. The molecule has 0 aliphatic rings. The van der Waals surface area contributed by atoms with Crippen molar-refractivity contribution in [2.75, 3.05) is 0 Å². The summed E-state index contributed by atoms with van der Waals surface area (Å²) in [6, 6.07) is 14.4. The predicted molar refractivity (Wildman–Crippen MR) is 76.2 cm³/mol. The number of rotatable bonds is 4. The Hall–Kier alpha value is -1.84. The van der Waals surface area contributed by atoms with Crippen LogP contribution in [0.2, 0.25) is 5.02 Å². The molecule has 2 aromatic carbocycles. The molecule has 0 aliphatic heterocycles. The minimum Gasteiger partial charge on any atom is -0.480 e. The van der Waals surface area contributed by atoms with Crippen LogP contribution in [0.1, 0.15) is 5.56 Å². The molecule has 0 fully saturated rings. The number of carboxylic acid groups (broad SMARTS) is 1. The Morgan fingerprint density at radius 1 is 1.16 bits per heavy atom. The fourth-order valence-corrected chi connectivity index (χ4v) is 2.03. The van der Waals surface area contributed by atoms with Gasteiger partial charge in [-0.15, -0.1) is 0 Å². The van der Waals surface area contributed by atoms with E-state index in [0.717, 1.165) is 16.7 Å². The Kier molecular flexibility index (Phi) is 4.20. The third kappa shape index (κ3) is 3.56. The highest BCUT2D eigenvalue weighted by atomic mass is 35.5. The van der Waals surface area contributed by atoms with Crippen molar-refractivity contribution in [3.05, 3.63) is 59.1 Å². The maximum atomic E-state index is 10.7. The highest BCUT2D eigenvalue weighted by Gasteiger charge is 2.11. The number of hydrogen-bond acceptors (Lipinski definition) is 2. The molecule has 1 atom stereocenters. The van der Waals surface area contributed by atoms with Gasteiger partial charge in [-0.05, 0) is 35.2 Å². The van der Waals surface area contributed by atoms with Gasteiger partial charge in [0.2, 0.25) is 0 Å². The molecule has 2 rings (SSSR count). The van der Waals surface area contributed by atoms with Crippen LogP contribution >= 0.6 is 11.6 Å². The second kappa shape index (κ2) is 5.87. The van der Waals surface area contributed by atoms with Crippen LogP contribution in [0.4, 0.5) is 0 Å². The molecule has 98 valence electrons. The second-order valence-electron chi connectivity index (χ2n) is 4.36. The molecule has 0 amide bonds. The van der Waals surface area contributed by atoms with E-state index in [0.29, 0.717) is 11.4 Å². The number of carbonyl (C=O) groups is 1. The number of carboxylic acids is 1. The summed E-state index contributed by atoms with van der Waals surface area (Å²) in [7, 11) is 0. The lowest BCUT2D eigenvalue weighted by Crippen LogP contribution is -2.32. The lowest BCUT2D eigenvalue weighted by Gasteiger charge is -2.08. The zero-order valence-corrected chi connectivity index (χ0v) is 11.0. The average Bonchev–Trinajstić information content (AvgIpc) is 2.39. The standard InChI is InChI=1S/C15H14ClNO2/c16-13-3-1-2-12(9-13)11-6-4-10(5-7-11)8-14(17)15(18)19/h1-7,9,14H,8,17H2,(H,18,19)/t14-/m0/s1. The van der Waals surface area contributed by atoms with Crippen LogP contribution in [0.5, 0.6) is 0 Å². The lowest BCUT2D eigenvalue weighted by molar-refractivity contribution is -0.138. The molecular formula is C15H14ClNO2. The Bertz CT molecular complexity index is 581. The average molecular weight is 276 g/mol. The summed E-state index contributed by atoms with van der Waals surface area (Å²) in [6.07, 6.45) is 0.325. The van der Waals surface area contributed by atoms with Crippen LogP contribution < -0.4 is 5.73 Å². The monoisotopic (exact) mass is 275 g/mol. The highest BCUT2D eigenvalue weighted by molar-refractivity contribution is 6.30. The van der Waals surface area contributed by atoms with Gasteiger partial charge in [0.1, 0.15) is 6.04 Å². The first-order chi connectivity index (χ1) is 9.06. The first kappa shape index (κ1) is 13.6. The van der Waals surface area contributed by atoms with E-state index in [1.165, 1.54) is 0 Å². The maximum Gasteiger partial charge on any atom is 0.320 e. The van der Waals surface area contributed by atoms with Gasteiger partial charge in [-0.25, -0.2) is 0 Å². The Labute approximate surface area is 116 Å². The Balaban J connectivity index is 2.17. The molecule has 0 heterocycles. The SMILES string of the molecule is N[C@@H](Cc1ccc(-c2cccc(Cl)c2)cc1)C(=O)O. The summed E-state index contributed by atoms with van der Waals surface area (Å²) >= 11 is 5.95. The van der Waals surface area contributed by atoms with Gasteiger partial charge >= 0.3 is 5.97 Å². The molecule has 19 heavy (non-hydrogen) atoms. The molecular weight excluding hydrogens is 262 g/mol. The van der Waals surface area contributed by atoms with E-state index in [9.17, 15) is 4.79 Å². The third-order valence-electron chi connectivity index (χ3n) is 2.88. The fraction of sp³-hybridized carbons (Fsp3) is 0.133. The predicted octanol–water partition coefficient (Wildman–Crippen LogP) is 2.96. The van der Waals surface area contributed by atoms with E-state index >= 15 is 0 Å². The fourth-order valence-electron chi connectivity index (χ4n) is 1.84. The van der Waals surface area contributed by atoms with Gasteiger partial charge in [-0.3, -0.25) is 4.79 Å². The molecule has 0 bridgehead atoms. The van der Waals surface area contributed by atoms with Crippen molar-refractivity contribution >= 4 is 17.6 Å². The first-order valence-electron chi connectivity index (χ1n) is 5.89. The molecule has 0 aromatic heterocycles. The van der Waals surface area contributed by atoms with Gasteiger partial charge in [-0.1, -0.05) is 48.0 Å². The largest absolute Gasteiger partial charge is 0.480 e. The van der Waals surface area contributed by atoms with Crippen LogP contribution in [0.3, 0.4) is 0 Å². The van der Waals surface area contributed by atoms with Crippen LogP contribution in [0.25, 0.3) is 11.1 Å². The molecule has 3 nitrogen and oxygen atoms in total. The van der Waals surface area contributed by atoms with Gasteiger partial charge in [0, 0.05) is 5.02 Å². The molecule has 4 heteroatoms. The topological polar surface area (TPSA) is 63.3 Å². The Morgan fingerprint density at radius 2 is 1.84 bits per heavy atom. The smallest absolute Gasteiger partial charge is 0.320 e. The molecule has 0 aliphatic carbocycles. The second-order valence-corrected chi connectivity index (χ2v) is 4.79. The minimum atomic E-state index is -0.987. The van der Waals surface area contributed by atoms with Gasteiger partial charge in [0.05, 0.1) is 0 Å². The van der Waals surface area contributed by atoms with E-state index in [2.05, 4.69) is 0 Å². The summed E-state index contributed by atoms with van der Waals surface area (Å²) in [4.78, 5) is 10.7. The number of nitrogens with two attached hydrogens (primary N) is 1. The minimum absolute atomic E-state index is 0.325. The lowest BCUT2D eigenvalue weighted by atomic mass is 10.0. The summed E-state index contributed by atoms with van der Waals surface area (Å²) < 4.78 is 0. The van der Waals surface area contributed by atoms with Crippen LogP contribution in [0.15, 0.2) is 48.5 Å². The van der Waals surface area contributed by atoms with E-state index in [-0.39, 0.29) is 0 Å². The van der Waals surface area contributed by atoms with Gasteiger partial charge in [-0.2, -0.15) is 0 Å². The van der Waals surface area contributed by atoms with Crippen molar-refractivity contribution in [1.29, 1.82) is 0 Å². The summed E-state index contributed by atoms with van der Waals surface area (Å²) in [5.74, 6) is -0.987. The van der Waals surface area contributed by atoms with E-state index in [4.69, 9.17) is 22.4 Å². The zero-order chi connectivity index (χ0) is 13.8. The van der Waals surface area contributed by atoms with Crippen molar-refractivity contribution < 1.29 is 9.90 Å². The zero-order valence-electron chi connectivity index (χ0n) is 10.2. The Morgan fingerprint density at radius 3 is 2.42 bits per heavy atom. The van der Waals surface area contributed by atoms with Gasteiger partial charge in [0.25, 0.3) is 0 Å². The summed E-state index contributed by atoms with van der Waals surface area (Å²) in [6.45, 7) is 0. The van der Waals surface area contributed by atoms with Crippen molar-refractivity contribution in [3.63, 3.8) is 0 Å². The van der Waals surface area contributed by atoms with Crippen molar-refractivity contribution in [1.82, 2.24) is 0 Å². The summed E-state index contributed by atoms with van der Waals surface area (Å²) in [5.41, 5.74) is 8.47. The maximum absolute atomic E-state index is 10.7. The first-order valence-corrected chi connectivity index (χ1v) is 6.27. The van der Waals surface area contributed by atoms with Crippen LogP contribution in [-0.2, 0) is 11.2 Å². The number of benzene rings is 2. The number of hydrogen-bond donors (Lipinski definition) is 2. The normalized spacial score (nSPS) is 12.1. The van der Waals surface area contributed by atoms with Crippen molar-refractivity contribution in [2.45, 2.75) is 12.5 Å². The molecule has 0 unspecified atom stereocenters. The molecule has 3 N–H and O–H groups in total. The quantitative estimate of drug-likeness (QED) is 0.902. The van der Waals surface area contributed by atoms with Crippen molar-refractivity contribution in [2.24, 2.45) is 5.73 Å². The number of aliphatic carboxylic acids is 1. The molecule has 0 saturated heterocycles. The molecule has 0 saturated carbocycles. The van der Waals surface area contributed by atoms with Crippen LogP contribution in [0, 0.1) is 0 Å². The van der Waals surface area contributed by atoms with Gasteiger partial charge < -0.3 is 10.8 Å². The van der Waals surface area contributed by atoms with Crippen LogP contribution in [-0.4, -0.2) is 17.1 Å². The van der Waals surface area contributed by atoms with Crippen molar-refractivity contribution in [3.8, 4) is 11.1 Å². The molecule has 0 spiro atoms.